The zero-order valence-corrected chi connectivity index (χ0v) is 15.0. The number of rotatable bonds is 4. The van der Waals surface area contributed by atoms with Crippen molar-refractivity contribution in [3.8, 4) is 0 Å². The number of thioether (sulfide) groups is 1. The molecule has 0 N–H and O–H groups in total. The third kappa shape index (κ3) is 4.16. The van der Waals surface area contributed by atoms with Crippen molar-refractivity contribution >= 4 is 29.0 Å². The van der Waals surface area contributed by atoms with Crippen LogP contribution in [0.25, 0.3) is 0 Å². The lowest BCUT2D eigenvalue weighted by molar-refractivity contribution is -0.0586. The Morgan fingerprint density at radius 3 is 2.65 bits per heavy atom. The van der Waals surface area contributed by atoms with Crippen molar-refractivity contribution in [1.82, 2.24) is 4.90 Å². The molecule has 1 aromatic carbocycles. The lowest BCUT2D eigenvalue weighted by Gasteiger charge is -2.35. The average molecular weight is 348 g/mol. The van der Waals surface area contributed by atoms with E-state index in [-0.39, 0.29) is 18.1 Å². The molecule has 1 saturated heterocycles. The van der Waals surface area contributed by atoms with Gasteiger partial charge in [0.1, 0.15) is 0 Å². The molecule has 122 valence electrons. The van der Waals surface area contributed by atoms with Crippen molar-refractivity contribution in [1.29, 1.82) is 0 Å². The van der Waals surface area contributed by atoms with Crippen molar-refractivity contribution in [3.05, 3.63) is 52.2 Å². The number of hydrogen-bond acceptors (Lipinski definition) is 4. The van der Waals surface area contributed by atoms with Crippen LogP contribution in [0.5, 0.6) is 0 Å². The second-order valence-corrected chi connectivity index (χ2v) is 7.88. The minimum atomic E-state index is 0.0913. The molecular formula is C18H21NO2S2. The summed E-state index contributed by atoms with van der Waals surface area (Å²) in [5.41, 5.74) is 0.801. The fourth-order valence-corrected chi connectivity index (χ4v) is 4.64. The number of amides is 1. The van der Waals surface area contributed by atoms with Crippen LogP contribution in [0, 0.1) is 0 Å². The van der Waals surface area contributed by atoms with Gasteiger partial charge in [0, 0.05) is 28.6 Å². The van der Waals surface area contributed by atoms with E-state index in [4.69, 9.17) is 4.74 Å². The summed E-state index contributed by atoms with van der Waals surface area (Å²) in [6.07, 6.45) is 0.183. The maximum Gasteiger partial charge on any atom is 0.255 e. The van der Waals surface area contributed by atoms with Crippen LogP contribution in [0.15, 0.2) is 46.7 Å². The van der Waals surface area contributed by atoms with Gasteiger partial charge in [-0.25, -0.2) is 0 Å². The summed E-state index contributed by atoms with van der Waals surface area (Å²) in [6, 6.07) is 12.1. The molecule has 0 aliphatic carbocycles. The average Bonchev–Trinajstić information content (AvgIpc) is 3.05. The predicted octanol–water partition coefficient (Wildman–Crippen LogP) is 4.29. The van der Waals surface area contributed by atoms with Crippen LogP contribution >= 0.6 is 23.1 Å². The van der Waals surface area contributed by atoms with Gasteiger partial charge in [-0.3, -0.25) is 4.79 Å². The van der Waals surface area contributed by atoms with E-state index in [0.29, 0.717) is 13.1 Å². The number of carbonyl (C=O) groups excluding carboxylic acids is 1. The molecule has 0 spiro atoms. The molecule has 1 amide bonds. The molecule has 0 bridgehead atoms. The molecule has 2 heterocycles. The molecule has 5 heteroatoms. The van der Waals surface area contributed by atoms with Crippen LogP contribution in [0.2, 0.25) is 0 Å². The van der Waals surface area contributed by atoms with Gasteiger partial charge in [0.15, 0.2) is 0 Å². The largest absolute Gasteiger partial charge is 0.372 e. The predicted molar refractivity (Wildman–Crippen MR) is 96.2 cm³/mol. The monoisotopic (exact) mass is 347 g/mol. The highest BCUT2D eigenvalue weighted by Gasteiger charge is 2.27. The number of ether oxygens (including phenoxy) is 1. The van der Waals surface area contributed by atoms with E-state index in [1.54, 1.807) is 23.1 Å². The molecule has 0 radical (unpaired) electrons. The quantitative estimate of drug-likeness (QED) is 0.773. The summed E-state index contributed by atoms with van der Waals surface area (Å²) in [7, 11) is 0. The number of carbonyl (C=O) groups is 1. The van der Waals surface area contributed by atoms with Gasteiger partial charge in [-0.2, -0.15) is 0 Å². The maximum atomic E-state index is 12.9. The van der Waals surface area contributed by atoms with E-state index in [1.807, 2.05) is 43.0 Å². The molecule has 2 atom stereocenters. The second kappa shape index (κ2) is 7.51. The van der Waals surface area contributed by atoms with Gasteiger partial charge in [0.05, 0.1) is 17.8 Å². The third-order valence-corrected chi connectivity index (χ3v) is 5.96. The Morgan fingerprint density at radius 2 is 1.96 bits per heavy atom. The van der Waals surface area contributed by atoms with Gasteiger partial charge in [-0.15, -0.1) is 23.1 Å². The Hall–Kier alpha value is -1.30. The molecule has 0 saturated carbocycles. The fraction of sp³-hybridized carbons (Fsp3) is 0.389. The van der Waals surface area contributed by atoms with Gasteiger partial charge in [0.25, 0.3) is 5.91 Å². The van der Waals surface area contributed by atoms with E-state index in [2.05, 4.69) is 17.5 Å². The van der Waals surface area contributed by atoms with E-state index >= 15 is 0 Å². The highest BCUT2D eigenvalue weighted by molar-refractivity contribution is 7.98. The summed E-state index contributed by atoms with van der Waals surface area (Å²) in [6.45, 7) is 5.36. The first-order valence-corrected chi connectivity index (χ1v) is 9.69. The zero-order valence-electron chi connectivity index (χ0n) is 13.4. The van der Waals surface area contributed by atoms with Crippen molar-refractivity contribution in [2.24, 2.45) is 0 Å². The highest BCUT2D eigenvalue weighted by Crippen LogP contribution is 2.29. The Kier molecular flexibility index (Phi) is 5.41. The maximum absolute atomic E-state index is 12.9. The van der Waals surface area contributed by atoms with Crippen LogP contribution < -0.4 is 0 Å². The Bertz CT molecular complexity index is 647. The van der Waals surface area contributed by atoms with Gasteiger partial charge in [0.2, 0.25) is 0 Å². The Balaban J connectivity index is 1.75. The summed E-state index contributed by atoms with van der Waals surface area (Å²) >= 11 is 3.48. The number of morpholine rings is 1. The Labute approximate surface area is 145 Å². The van der Waals surface area contributed by atoms with Crippen LogP contribution in [-0.4, -0.2) is 36.1 Å². The molecule has 2 aromatic rings. The van der Waals surface area contributed by atoms with Crippen LogP contribution in [0.1, 0.15) is 29.1 Å². The summed E-state index contributed by atoms with van der Waals surface area (Å²) in [5.74, 6) is 1.01. The first kappa shape index (κ1) is 16.6. The normalized spacial score (nSPS) is 21.4. The summed E-state index contributed by atoms with van der Waals surface area (Å²) < 4.78 is 5.73. The first-order chi connectivity index (χ1) is 11.1. The van der Waals surface area contributed by atoms with Crippen LogP contribution in [0.4, 0.5) is 0 Å². The molecule has 1 aliphatic heterocycles. The lowest BCUT2D eigenvalue weighted by atomic mass is 10.1. The van der Waals surface area contributed by atoms with E-state index in [0.717, 1.165) is 16.2 Å². The number of benzene rings is 1. The van der Waals surface area contributed by atoms with Gasteiger partial charge in [-0.05, 0) is 37.4 Å². The SMILES string of the molecule is CC1CN(C(=O)c2ccccc2SCc2cccs2)CC(C)O1. The molecule has 1 aliphatic rings. The molecule has 23 heavy (non-hydrogen) atoms. The van der Waals surface area contributed by atoms with E-state index in [1.165, 1.54) is 4.88 Å². The smallest absolute Gasteiger partial charge is 0.255 e. The van der Waals surface area contributed by atoms with Crippen molar-refractivity contribution in [2.75, 3.05) is 13.1 Å². The molecule has 2 unspecified atom stereocenters. The first-order valence-electron chi connectivity index (χ1n) is 7.82. The topological polar surface area (TPSA) is 29.5 Å². The van der Waals surface area contributed by atoms with Crippen LogP contribution in [-0.2, 0) is 10.5 Å². The van der Waals surface area contributed by atoms with E-state index in [9.17, 15) is 4.79 Å². The molecule has 3 nitrogen and oxygen atoms in total. The van der Waals surface area contributed by atoms with Crippen LogP contribution in [0.3, 0.4) is 0 Å². The van der Waals surface area contributed by atoms with Gasteiger partial charge in [-0.1, -0.05) is 18.2 Å². The number of thiophene rings is 1. The fourth-order valence-electron chi connectivity index (χ4n) is 2.83. The van der Waals surface area contributed by atoms with Crippen molar-refractivity contribution in [2.45, 2.75) is 36.7 Å². The summed E-state index contributed by atoms with van der Waals surface area (Å²) in [4.78, 5) is 17.2. The lowest BCUT2D eigenvalue weighted by Crippen LogP contribution is -2.48. The third-order valence-electron chi connectivity index (χ3n) is 3.77. The molecule has 1 fully saturated rings. The minimum Gasteiger partial charge on any atom is -0.372 e. The number of hydrogen-bond donors (Lipinski definition) is 0. The standard InChI is InChI=1S/C18H21NO2S2/c1-13-10-19(11-14(2)21-13)18(20)16-7-3-4-8-17(16)23-12-15-6-5-9-22-15/h3-9,13-14H,10-12H2,1-2H3. The zero-order chi connectivity index (χ0) is 16.2. The van der Waals surface area contributed by atoms with E-state index < -0.39 is 0 Å². The highest BCUT2D eigenvalue weighted by atomic mass is 32.2. The van der Waals surface area contributed by atoms with Crippen molar-refractivity contribution in [3.63, 3.8) is 0 Å². The molecule has 1 aromatic heterocycles. The van der Waals surface area contributed by atoms with Gasteiger partial charge >= 0.3 is 0 Å². The van der Waals surface area contributed by atoms with Crippen molar-refractivity contribution < 1.29 is 9.53 Å². The van der Waals surface area contributed by atoms with Gasteiger partial charge < -0.3 is 9.64 Å². The number of nitrogens with zero attached hydrogens (tertiary/aromatic N) is 1. The second-order valence-electron chi connectivity index (χ2n) is 5.83. The molecule has 3 rings (SSSR count). The Morgan fingerprint density at radius 1 is 1.22 bits per heavy atom. The summed E-state index contributed by atoms with van der Waals surface area (Å²) in [5, 5.41) is 2.09. The minimum absolute atomic E-state index is 0.0913. The molecular weight excluding hydrogens is 326 g/mol.